The third-order valence-corrected chi connectivity index (χ3v) is 7.69. The molecule has 2 aromatic carbocycles. The molecule has 8 nitrogen and oxygen atoms in total. The number of carbonyl (C=O) groups excluding carboxylic acids is 1. The number of methoxy groups -OCH3 is 1. The van der Waals surface area contributed by atoms with Gasteiger partial charge in [-0.15, -0.1) is 0 Å². The number of ketones is 1. The average Bonchev–Trinajstić information content (AvgIpc) is 2.95. The minimum Gasteiger partial charge on any atom is -0.496 e. The van der Waals surface area contributed by atoms with Gasteiger partial charge in [0, 0.05) is 19.2 Å². The first-order chi connectivity index (χ1) is 15.3. The van der Waals surface area contributed by atoms with E-state index in [1.807, 2.05) is 13.0 Å². The van der Waals surface area contributed by atoms with Gasteiger partial charge in [0.25, 0.3) is 0 Å². The molecule has 1 aliphatic heterocycles. The molecule has 0 saturated carbocycles. The Bertz CT molecular complexity index is 1310. The lowest BCUT2D eigenvalue weighted by atomic mass is 10.1. The maximum absolute atomic E-state index is 13.1. The average molecular weight is 459 g/mol. The molecule has 9 heteroatoms. The van der Waals surface area contributed by atoms with Gasteiger partial charge < -0.3 is 9.15 Å². The molecule has 0 unspecified atom stereocenters. The summed E-state index contributed by atoms with van der Waals surface area (Å²) in [6.07, 6.45) is 3.69. The van der Waals surface area contributed by atoms with Crippen molar-refractivity contribution >= 4 is 26.9 Å². The second-order valence-electron chi connectivity index (χ2n) is 8.03. The highest BCUT2D eigenvalue weighted by atomic mass is 32.2. The number of benzene rings is 2. The molecule has 3 aromatic rings. The quantitative estimate of drug-likeness (QED) is 0.525. The van der Waals surface area contributed by atoms with Crippen molar-refractivity contribution in [2.75, 3.05) is 20.2 Å². The molecule has 170 valence electrons. The largest absolute Gasteiger partial charge is 0.496 e. The maximum atomic E-state index is 13.1. The lowest BCUT2D eigenvalue weighted by Gasteiger charge is -2.19. The summed E-state index contributed by atoms with van der Waals surface area (Å²) in [5.74, 6) is -0.604. The predicted molar refractivity (Wildman–Crippen MR) is 120 cm³/mol. The van der Waals surface area contributed by atoms with Crippen LogP contribution in [-0.2, 0) is 16.6 Å². The summed E-state index contributed by atoms with van der Waals surface area (Å²) < 4.78 is 39.4. The Morgan fingerprint density at radius 1 is 1.06 bits per heavy atom. The third kappa shape index (κ3) is 4.22. The molecular formula is C23H26N2O6S. The number of fused-ring (bicyclic) bond motifs is 1. The Hall–Kier alpha value is -2.91. The summed E-state index contributed by atoms with van der Waals surface area (Å²) in [5, 5.41) is 0. The fourth-order valence-corrected chi connectivity index (χ4v) is 5.59. The number of Topliss-reactive ketones (excluding diaryl/α,β-unsaturated/α-hetero) is 1. The van der Waals surface area contributed by atoms with Gasteiger partial charge in [0.15, 0.2) is 11.4 Å². The number of rotatable bonds is 6. The summed E-state index contributed by atoms with van der Waals surface area (Å²) in [5.41, 5.74) is 1.76. The third-order valence-electron chi connectivity index (χ3n) is 5.80. The number of aromatic nitrogens is 1. The van der Waals surface area contributed by atoms with Crippen molar-refractivity contribution in [1.82, 2.24) is 8.87 Å². The molecule has 1 aliphatic rings. The van der Waals surface area contributed by atoms with E-state index >= 15 is 0 Å². The predicted octanol–water partition coefficient (Wildman–Crippen LogP) is 3.36. The van der Waals surface area contributed by atoms with Crippen LogP contribution in [0.4, 0.5) is 0 Å². The zero-order valence-corrected chi connectivity index (χ0v) is 19.0. The number of hydrogen-bond acceptors (Lipinski definition) is 6. The van der Waals surface area contributed by atoms with Gasteiger partial charge >= 0.3 is 5.76 Å². The van der Waals surface area contributed by atoms with Crippen LogP contribution in [-0.4, -0.2) is 43.3 Å². The van der Waals surface area contributed by atoms with Crippen LogP contribution in [0.1, 0.15) is 41.6 Å². The molecule has 0 radical (unpaired) electrons. The molecule has 32 heavy (non-hydrogen) atoms. The lowest BCUT2D eigenvalue weighted by Crippen LogP contribution is -2.31. The van der Waals surface area contributed by atoms with E-state index in [4.69, 9.17) is 9.15 Å². The molecule has 1 aromatic heterocycles. The Kier molecular flexibility index (Phi) is 6.21. The molecule has 0 aliphatic carbocycles. The van der Waals surface area contributed by atoms with Crippen LogP contribution in [0.25, 0.3) is 11.1 Å². The zero-order chi connectivity index (χ0) is 22.9. The summed E-state index contributed by atoms with van der Waals surface area (Å²) >= 11 is 0. The Balaban J connectivity index is 1.67. The molecule has 1 fully saturated rings. The highest BCUT2D eigenvalue weighted by molar-refractivity contribution is 7.89. The Morgan fingerprint density at radius 2 is 1.78 bits per heavy atom. The highest BCUT2D eigenvalue weighted by Crippen LogP contribution is 2.25. The van der Waals surface area contributed by atoms with E-state index in [9.17, 15) is 18.0 Å². The van der Waals surface area contributed by atoms with E-state index in [1.54, 1.807) is 12.1 Å². The monoisotopic (exact) mass is 458 g/mol. The maximum Gasteiger partial charge on any atom is 0.420 e. The van der Waals surface area contributed by atoms with Gasteiger partial charge in [-0.3, -0.25) is 9.36 Å². The number of oxazole rings is 1. The molecule has 0 amide bonds. The number of sulfonamides is 1. The number of aryl methyl sites for hydroxylation is 1. The molecular weight excluding hydrogens is 432 g/mol. The molecule has 2 heterocycles. The van der Waals surface area contributed by atoms with Crippen LogP contribution in [0.2, 0.25) is 0 Å². The van der Waals surface area contributed by atoms with E-state index in [0.717, 1.165) is 31.2 Å². The summed E-state index contributed by atoms with van der Waals surface area (Å²) in [6, 6.07) is 9.60. The van der Waals surface area contributed by atoms with Crippen LogP contribution in [0.5, 0.6) is 5.75 Å². The lowest BCUT2D eigenvalue weighted by molar-refractivity contribution is 0.0967. The molecule has 4 rings (SSSR count). The highest BCUT2D eigenvalue weighted by Gasteiger charge is 2.26. The van der Waals surface area contributed by atoms with Crippen molar-refractivity contribution in [3.63, 3.8) is 0 Å². The van der Waals surface area contributed by atoms with E-state index in [2.05, 4.69) is 0 Å². The zero-order valence-electron chi connectivity index (χ0n) is 18.2. The Labute approximate surface area is 186 Å². The Morgan fingerprint density at radius 3 is 2.47 bits per heavy atom. The van der Waals surface area contributed by atoms with Gasteiger partial charge in [0.2, 0.25) is 10.0 Å². The minimum atomic E-state index is -3.68. The van der Waals surface area contributed by atoms with Crippen molar-refractivity contribution in [3.05, 3.63) is 58.1 Å². The number of ether oxygens (including phenoxy) is 1. The normalized spacial score (nSPS) is 15.6. The first-order valence-electron chi connectivity index (χ1n) is 10.6. The summed E-state index contributed by atoms with van der Waals surface area (Å²) in [7, 11) is -2.20. The van der Waals surface area contributed by atoms with E-state index < -0.39 is 15.8 Å². The second kappa shape index (κ2) is 8.91. The van der Waals surface area contributed by atoms with Gasteiger partial charge in [0.1, 0.15) is 5.75 Å². The first kappa shape index (κ1) is 22.3. The second-order valence-corrected chi connectivity index (χ2v) is 9.97. The number of carbonyl (C=O) groups is 1. The molecule has 1 saturated heterocycles. The van der Waals surface area contributed by atoms with E-state index in [1.165, 1.54) is 34.2 Å². The van der Waals surface area contributed by atoms with Gasteiger partial charge in [-0.2, -0.15) is 4.31 Å². The van der Waals surface area contributed by atoms with Gasteiger partial charge in [0.05, 0.1) is 29.6 Å². The topological polar surface area (TPSA) is 98.8 Å². The van der Waals surface area contributed by atoms with Crippen LogP contribution in [0, 0.1) is 6.92 Å². The standard InChI is InChI=1S/C23H26N2O6S/c1-16-7-10-21(30-2)18(13-16)20(26)15-25-19-9-8-17(14-22(19)31-23(25)27)32(28,29)24-11-5-3-4-6-12-24/h7-10,13-14H,3-6,11-12,15H2,1-2H3. The number of nitrogens with zero attached hydrogens (tertiary/aromatic N) is 2. The van der Waals surface area contributed by atoms with E-state index in [0.29, 0.717) is 29.9 Å². The van der Waals surface area contributed by atoms with Crippen LogP contribution >= 0.6 is 0 Å². The van der Waals surface area contributed by atoms with E-state index in [-0.39, 0.29) is 22.8 Å². The molecule has 0 bridgehead atoms. The molecule has 0 spiro atoms. The fraction of sp³-hybridized carbons (Fsp3) is 0.391. The van der Waals surface area contributed by atoms with Crippen molar-refractivity contribution in [2.45, 2.75) is 44.0 Å². The van der Waals surface area contributed by atoms with Crippen LogP contribution in [0.15, 0.2) is 50.5 Å². The first-order valence-corrected chi connectivity index (χ1v) is 12.1. The minimum absolute atomic E-state index is 0.0829. The van der Waals surface area contributed by atoms with Crippen molar-refractivity contribution in [1.29, 1.82) is 0 Å². The van der Waals surface area contributed by atoms with Gasteiger partial charge in [-0.05, 0) is 44.0 Å². The molecule has 0 N–H and O–H groups in total. The van der Waals surface area contributed by atoms with Crippen LogP contribution < -0.4 is 10.5 Å². The number of hydrogen-bond donors (Lipinski definition) is 0. The van der Waals surface area contributed by atoms with Crippen molar-refractivity contribution < 1.29 is 22.4 Å². The van der Waals surface area contributed by atoms with Crippen LogP contribution in [0.3, 0.4) is 0 Å². The smallest absolute Gasteiger partial charge is 0.420 e. The SMILES string of the molecule is COc1ccc(C)cc1C(=O)Cn1c(=O)oc2cc(S(=O)(=O)N3CCCCCC3)ccc21. The summed E-state index contributed by atoms with van der Waals surface area (Å²) in [6.45, 7) is 2.59. The molecule has 0 atom stereocenters. The van der Waals surface area contributed by atoms with Crippen molar-refractivity contribution in [3.8, 4) is 5.75 Å². The van der Waals surface area contributed by atoms with Crippen molar-refractivity contribution in [2.24, 2.45) is 0 Å². The van der Waals surface area contributed by atoms with Gasteiger partial charge in [-0.25, -0.2) is 13.2 Å². The summed E-state index contributed by atoms with van der Waals surface area (Å²) in [4.78, 5) is 25.5. The van der Waals surface area contributed by atoms with Gasteiger partial charge in [-0.1, -0.05) is 24.5 Å². The fourth-order valence-electron chi connectivity index (χ4n) is 4.06.